The molecule has 2 atom stereocenters. The van der Waals surface area contributed by atoms with Gasteiger partial charge in [0.05, 0.1) is 12.7 Å². The second-order valence-electron chi connectivity index (χ2n) is 5.54. The van der Waals surface area contributed by atoms with Crippen LogP contribution in [0.25, 0.3) is 0 Å². The maximum atomic E-state index is 9.66. The molecule has 0 radical (unpaired) electrons. The molecule has 0 bridgehead atoms. The van der Waals surface area contributed by atoms with Crippen molar-refractivity contribution in [3.8, 4) is 0 Å². The highest BCUT2D eigenvalue weighted by Crippen LogP contribution is 2.03. The van der Waals surface area contributed by atoms with Crippen LogP contribution < -0.4 is 5.32 Å². The summed E-state index contributed by atoms with van der Waals surface area (Å²) in [5.41, 5.74) is 0. The fraction of sp³-hybridized carbons (Fsp3) is 1.00. The summed E-state index contributed by atoms with van der Waals surface area (Å²) in [7, 11) is 0. The molecule has 0 amide bonds. The normalized spacial score (nSPS) is 15.0. The van der Waals surface area contributed by atoms with Gasteiger partial charge in [0.25, 0.3) is 0 Å². The van der Waals surface area contributed by atoms with Gasteiger partial charge in [-0.05, 0) is 37.6 Å². The Labute approximate surface area is 112 Å². The van der Waals surface area contributed by atoms with Crippen LogP contribution in [0.15, 0.2) is 0 Å². The quantitative estimate of drug-likeness (QED) is 0.465. The number of ether oxygens (including phenoxy) is 1. The Morgan fingerprint density at radius 1 is 1.11 bits per heavy atom. The minimum absolute atomic E-state index is 0.227. The minimum atomic E-state index is -0.439. The molecule has 0 heterocycles. The minimum Gasteiger partial charge on any atom is -0.396 e. The number of rotatable bonds is 12. The summed E-state index contributed by atoms with van der Waals surface area (Å²) in [5, 5.41) is 21.6. The molecule has 4 heteroatoms. The van der Waals surface area contributed by atoms with Gasteiger partial charge in [-0.2, -0.15) is 0 Å². The van der Waals surface area contributed by atoms with Crippen molar-refractivity contribution < 1.29 is 14.9 Å². The number of hydrogen-bond acceptors (Lipinski definition) is 4. The molecule has 0 aromatic heterocycles. The first-order chi connectivity index (χ1) is 8.56. The molecule has 0 aromatic rings. The monoisotopic (exact) mass is 261 g/mol. The Morgan fingerprint density at radius 2 is 1.83 bits per heavy atom. The molecule has 18 heavy (non-hydrogen) atoms. The lowest BCUT2D eigenvalue weighted by molar-refractivity contribution is 0.0344. The molecule has 0 spiro atoms. The third kappa shape index (κ3) is 12.3. The van der Waals surface area contributed by atoms with E-state index in [1.807, 2.05) is 0 Å². The van der Waals surface area contributed by atoms with Gasteiger partial charge >= 0.3 is 0 Å². The number of aliphatic hydroxyl groups excluding tert-OH is 2. The van der Waals surface area contributed by atoms with Crippen molar-refractivity contribution in [3.63, 3.8) is 0 Å². The van der Waals surface area contributed by atoms with Crippen molar-refractivity contribution in [1.29, 1.82) is 0 Å². The van der Waals surface area contributed by atoms with Gasteiger partial charge in [0, 0.05) is 19.8 Å². The van der Waals surface area contributed by atoms with E-state index in [1.54, 1.807) is 0 Å². The van der Waals surface area contributed by atoms with Crippen molar-refractivity contribution in [1.82, 2.24) is 5.32 Å². The average molecular weight is 261 g/mol. The van der Waals surface area contributed by atoms with E-state index >= 15 is 0 Å². The van der Waals surface area contributed by atoms with E-state index in [0.717, 1.165) is 26.0 Å². The zero-order valence-electron chi connectivity index (χ0n) is 12.2. The van der Waals surface area contributed by atoms with Crippen LogP contribution in [0.5, 0.6) is 0 Å². The summed E-state index contributed by atoms with van der Waals surface area (Å²) in [6.45, 7) is 9.22. The third-order valence-electron chi connectivity index (χ3n) is 2.88. The SMILES string of the molecule is CC(C)CCCOCC(O)CNCC(C)CCO. The molecule has 0 saturated heterocycles. The predicted molar refractivity (Wildman–Crippen MR) is 74.6 cm³/mol. The molecule has 2 unspecified atom stereocenters. The highest BCUT2D eigenvalue weighted by atomic mass is 16.5. The molecule has 0 aromatic carbocycles. The molecule has 0 rings (SSSR count). The van der Waals surface area contributed by atoms with E-state index in [-0.39, 0.29) is 6.61 Å². The van der Waals surface area contributed by atoms with Gasteiger partial charge in [-0.3, -0.25) is 0 Å². The fourth-order valence-electron chi connectivity index (χ4n) is 1.69. The lowest BCUT2D eigenvalue weighted by Gasteiger charge is -2.15. The van der Waals surface area contributed by atoms with Crippen LogP contribution in [0, 0.1) is 11.8 Å². The van der Waals surface area contributed by atoms with Crippen LogP contribution in [0.4, 0.5) is 0 Å². The second kappa shape index (κ2) is 11.9. The zero-order valence-corrected chi connectivity index (χ0v) is 12.2. The maximum Gasteiger partial charge on any atom is 0.0897 e. The molecular formula is C14H31NO3. The first kappa shape index (κ1) is 17.8. The number of aliphatic hydroxyl groups is 2. The van der Waals surface area contributed by atoms with Gasteiger partial charge < -0.3 is 20.3 Å². The lowest BCUT2D eigenvalue weighted by atomic mass is 10.1. The summed E-state index contributed by atoms with van der Waals surface area (Å²) in [4.78, 5) is 0. The Bertz CT molecular complexity index is 176. The van der Waals surface area contributed by atoms with Gasteiger partial charge in [-0.15, -0.1) is 0 Å². The molecule has 0 aliphatic rings. The summed E-state index contributed by atoms with van der Waals surface area (Å²) in [6.07, 6.45) is 2.60. The molecule has 3 N–H and O–H groups in total. The van der Waals surface area contributed by atoms with E-state index in [4.69, 9.17) is 9.84 Å². The van der Waals surface area contributed by atoms with Gasteiger partial charge in [-0.1, -0.05) is 20.8 Å². The summed E-state index contributed by atoms with van der Waals surface area (Å²) in [6, 6.07) is 0. The maximum absolute atomic E-state index is 9.66. The lowest BCUT2D eigenvalue weighted by Crippen LogP contribution is -2.33. The van der Waals surface area contributed by atoms with Crippen molar-refractivity contribution in [2.75, 3.05) is 32.9 Å². The first-order valence-corrected chi connectivity index (χ1v) is 7.13. The summed E-state index contributed by atoms with van der Waals surface area (Å²) < 4.78 is 5.42. The van der Waals surface area contributed by atoms with Crippen LogP contribution in [-0.2, 0) is 4.74 Å². The Kier molecular flexibility index (Phi) is 11.8. The van der Waals surface area contributed by atoms with Crippen molar-refractivity contribution in [3.05, 3.63) is 0 Å². The average Bonchev–Trinajstić information content (AvgIpc) is 2.28. The van der Waals surface area contributed by atoms with E-state index in [0.29, 0.717) is 25.0 Å². The third-order valence-corrected chi connectivity index (χ3v) is 2.88. The summed E-state index contributed by atoms with van der Waals surface area (Å²) in [5.74, 6) is 1.15. The number of nitrogens with one attached hydrogen (secondary N) is 1. The van der Waals surface area contributed by atoms with Crippen LogP contribution in [0.1, 0.15) is 40.0 Å². The molecule has 0 fully saturated rings. The Hall–Kier alpha value is -0.160. The predicted octanol–water partition coefficient (Wildman–Crippen LogP) is 1.41. The van der Waals surface area contributed by atoms with E-state index in [9.17, 15) is 5.11 Å². The summed E-state index contributed by atoms with van der Waals surface area (Å²) >= 11 is 0. The van der Waals surface area contributed by atoms with Gasteiger partial charge in [0.15, 0.2) is 0 Å². The Balaban J connectivity index is 3.29. The van der Waals surface area contributed by atoms with E-state index in [1.165, 1.54) is 6.42 Å². The molecule has 110 valence electrons. The zero-order chi connectivity index (χ0) is 13.8. The van der Waals surface area contributed by atoms with Gasteiger partial charge in [-0.25, -0.2) is 0 Å². The van der Waals surface area contributed by atoms with Crippen LogP contribution in [-0.4, -0.2) is 49.2 Å². The molecule has 4 nitrogen and oxygen atoms in total. The second-order valence-corrected chi connectivity index (χ2v) is 5.54. The smallest absolute Gasteiger partial charge is 0.0897 e. The molecule has 0 aliphatic carbocycles. The Morgan fingerprint density at radius 3 is 2.44 bits per heavy atom. The molecule has 0 saturated carbocycles. The number of hydrogen-bond donors (Lipinski definition) is 3. The largest absolute Gasteiger partial charge is 0.396 e. The van der Waals surface area contributed by atoms with Gasteiger partial charge in [0.2, 0.25) is 0 Å². The van der Waals surface area contributed by atoms with Gasteiger partial charge in [0.1, 0.15) is 0 Å². The fourth-order valence-corrected chi connectivity index (χ4v) is 1.69. The standard InChI is InChI=1S/C14H31NO3/c1-12(2)5-4-8-18-11-14(17)10-15-9-13(3)6-7-16/h12-17H,4-11H2,1-3H3. The highest BCUT2D eigenvalue weighted by Gasteiger charge is 2.06. The topological polar surface area (TPSA) is 61.7 Å². The first-order valence-electron chi connectivity index (χ1n) is 7.13. The van der Waals surface area contributed by atoms with E-state index in [2.05, 4.69) is 26.1 Å². The van der Waals surface area contributed by atoms with Crippen LogP contribution in [0.3, 0.4) is 0 Å². The van der Waals surface area contributed by atoms with Crippen molar-refractivity contribution in [2.45, 2.75) is 46.1 Å². The highest BCUT2D eigenvalue weighted by molar-refractivity contribution is 4.61. The van der Waals surface area contributed by atoms with Crippen LogP contribution in [0.2, 0.25) is 0 Å². The molecular weight excluding hydrogens is 230 g/mol. The van der Waals surface area contributed by atoms with Crippen LogP contribution >= 0.6 is 0 Å². The van der Waals surface area contributed by atoms with Crippen molar-refractivity contribution >= 4 is 0 Å². The van der Waals surface area contributed by atoms with Crippen molar-refractivity contribution in [2.24, 2.45) is 11.8 Å². The van der Waals surface area contributed by atoms with E-state index < -0.39 is 6.10 Å². The molecule has 0 aliphatic heterocycles.